The lowest BCUT2D eigenvalue weighted by Crippen LogP contribution is -2.36. The molecule has 0 atom stereocenters. The van der Waals surface area contributed by atoms with Gasteiger partial charge in [-0.15, -0.1) is 0 Å². The van der Waals surface area contributed by atoms with E-state index in [4.69, 9.17) is 5.84 Å². The highest BCUT2D eigenvalue weighted by atomic mass is 19.1. The second kappa shape index (κ2) is 5.31. The van der Waals surface area contributed by atoms with Crippen molar-refractivity contribution >= 4 is 11.6 Å². The lowest BCUT2D eigenvalue weighted by atomic mass is 10.2. The van der Waals surface area contributed by atoms with Crippen LogP contribution in [0.15, 0.2) is 23.2 Å². The molecule has 82 valence electrons. The molecule has 0 amide bonds. The van der Waals surface area contributed by atoms with E-state index in [-0.39, 0.29) is 5.82 Å². The summed E-state index contributed by atoms with van der Waals surface area (Å²) < 4.78 is 13.0. The van der Waals surface area contributed by atoms with Crippen LogP contribution in [0, 0.1) is 12.7 Å². The van der Waals surface area contributed by atoms with E-state index in [0.29, 0.717) is 18.2 Å². The van der Waals surface area contributed by atoms with Gasteiger partial charge in [0.1, 0.15) is 5.82 Å². The Kier molecular flexibility index (Phi) is 4.05. The second-order valence-corrected chi connectivity index (χ2v) is 3.05. The number of benzene rings is 1. The minimum absolute atomic E-state index is 0.295. The molecule has 15 heavy (non-hydrogen) atoms. The summed E-state index contributed by atoms with van der Waals surface area (Å²) in [7, 11) is 0. The zero-order valence-corrected chi connectivity index (χ0v) is 8.84. The van der Waals surface area contributed by atoms with Gasteiger partial charge in [0.2, 0.25) is 5.96 Å². The first-order chi connectivity index (χ1) is 7.17. The highest BCUT2D eigenvalue weighted by molar-refractivity contribution is 5.93. The number of rotatable bonds is 2. The maximum atomic E-state index is 13.0. The summed E-state index contributed by atoms with van der Waals surface area (Å²) in [6.07, 6.45) is 0. The van der Waals surface area contributed by atoms with Gasteiger partial charge in [-0.1, -0.05) is 6.07 Å². The summed E-state index contributed by atoms with van der Waals surface area (Å²) in [4.78, 5) is 4.06. The van der Waals surface area contributed by atoms with E-state index in [0.717, 1.165) is 5.56 Å². The molecular weight excluding hydrogens is 195 g/mol. The molecule has 4 N–H and O–H groups in total. The third-order valence-corrected chi connectivity index (χ3v) is 1.91. The molecule has 0 unspecified atom stereocenters. The summed E-state index contributed by atoms with van der Waals surface area (Å²) >= 11 is 0. The van der Waals surface area contributed by atoms with Crippen molar-refractivity contribution in [3.63, 3.8) is 0 Å². The van der Waals surface area contributed by atoms with Crippen LogP contribution in [0.2, 0.25) is 0 Å². The number of hydrogen-bond donors (Lipinski definition) is 3. The zero-order valence-electron chi connectivity index (χ0n) is 8.84. The van der Waals surface area contributed by atoms with Crippen LogP contribution in [0.4, 0.5) is 10.1 Å². The molecule has 0 aliphatic heterocycles. The summed E-state index contributed by atoms with van der Waals surface area (Å²) in [6.45, 7) is 4.36. The number of nitrogens with one attached hydrogen (secondary N) is 2. The standard InChI is InChI=1S/C10H15FN4/c1-3-13-10(15-12)14-9-6-8(11)5-4-7(9)2/h4-6H,3,12H2,1-2H3,(H2,13,14,15). The van der Waals surface area contributed by atoms with E-state index in [1.165, 1.54) is 12.1 Å². The van der Waals surface area contributed by atoms with Crippen LogP contribution in [0.1, 0.15) is 12.5 Å². The van der Waals surface area contributed by atoms with E-state index in [9.17, 15) is 4.39 Å². The largest absolute Gasteiger partial charge is 0.325 e. The van der Waals surface area contributed by atoms with Crippen LogP contribution in [0.3, 0.4) is 0 Å². The van der Waals surface area contributed by atoms with E-state index in [1.807, 2.05) is 13.8 Å². The smallest absolute Gasteiger partial charge is 0.210 e. The van der Waals surface area contributed by atoms with Crippen LogP contribution in [-0.2, 0) is 0 Å². The monoisotopic (exact) mass is 210 g/mol. The van der Waals surface area contributed by atoms with Crippen LogP contribution >= 0.6 is 0 Å². The van der Waals surface area contributed by atoms with Gasteiger partial charge < -0.3 is 5.32 Å². The first-order valence-electron chi connectivity index (χ1n) is 4.71. The van der Waals surface area contributed by atoms with Gasteiger partial charge in [-0.05, 0) is 31.5 Å². The Balaban J connectivity index is 2.87. The number of aliphatic imine (C=N–C) groups is 1. The number of anilines is 1. The van der Waals surface area contributed by atoms with Crippen molar-refractivity contribution in [2.75, 3.05) is 11.9 Å². The lowest BCUT2D eigenvalue weighted by Gasteiger charge is -2.11. The fraction of sp³-hybridized carbons (Fsp3) is 0.300. The molecule has 0 saturated carbocycles. The molecule has 4 nitrogen and oxygen atoms in total. The van der Waals surface area contributed by atoms with Gasteiger partial charge in [-0.25, -0.2) is 10.2 Å². The number of guanidine groups is 1. The average Bonchev–Trinajstić information content (AvgIpc) is 2.22. The number of hydrazine groups is 1. The van der Waals surface area contributed by atoms with Gasteiger partial charge in [0.15, 0.2) is 0 Å². The predicted molar refractivity (Wildman–Crippen MR) is 60.1 cm³/mol. The molecule has 0 saturated heterocycles. The Hall–Kier alpha value is -1.62. The fourth-order valence-electron chi connectivity index (χ4n) is 1.14. The van der Waals surface area contributed by atoms with Crippen molar-refractivity contribution in [1.29, 1.82) is 0 Å². The fourth-order valence-corrected chi connectivity index (χ4v) is 1.14. The predicted octanol–water partition coefficient (Wildman–Crippen LogP) is 1.39. The Morgan fingerprint density at radius 2 is 2.27 bits per heavy atom. The van der Waals surface area contributed by atoms with Crippen molar-refractivity contribution in [2.24, 2.45) is 10.8 Å². The number of hydrogen-bond acceptors (Lipinski definition) is 2. The van der Waals surface area contributed by atoms with Gasteiger partial charge in [0.25, 0.3) is 0 Å². The van der Waals surface area contributed by atoms with Crippen molar-refractivity contribution in [3.05, 3.63) is 29.6 Å². The molecule has 5 heteroatoms. The summed E-state index contributed by atoms with van der Waals surface area (Å²) in [6, 6.07) is 4.50. The number of nitrogens with two attached hydrogens (primary N) is 1. The molecule has 0 radical (unpaired) electrons. The SMILES string of the molecule is CCN=C(NN)Nc1cc(F)ccc1C. The Morgan fingerprint density at radius 3 is 2.87 bits per heavy atom. The number of aryl methyl sites for hydroxylation is 1. The van der Waals surface area contributed by atoms with Gasteiger partial charge >= 0.3 is 0 Å². The summed E-state index contributed by atoms with van der Waals surface area (Å²) in [5.74, 6) is 5.38. The lowest BCUT2D eigenvalue weighted by molar-refractivity contribution is 0.628. The highest BCUT2D eigenvalue weighted by Crippen LogP contribution is 2.15. The van der Waals surface area contributed by atoms with E-state index in [1.54, 1.807) is 6.07 Å². The molecule has 0 fully saturated rings. The van der Waals surface area contributed by atoms with Crippen LogP contribution in [0.25, 0.3) is 0 Å². The van der Waals surface area contributed by atoms with Crippen molar-refractivity contribution < 1.29 is 4.39 Å². The van der Waals surface area contributed by atoms with Crippen molar-refractivity contribution in [3.8, 4) is 0 Å². The van der Waals surface area contributed by atoms with Gasteiger partial charge in [-0.2, -0.15) is 0 Å². The molecule has 1 aromatic carbocycles. The Bertz CT molecular complexity index is 362. The minimum Gasteiger partial charge on any atom is -0.325 e. The average molecular weight is 210 g/mol. The summed E-state index contributed by atoms with van der Waals surface area (Å²) in [5.41, 5.74) is 3.99. The zero-order chi connectivity index (χ0) is 11.3. The molecule has 1 aromatic rings. The molecule has 1 rings (SSSR count). The molecule has 0 bridgehead atoms. The highest BCUT2D eigenvalue weighted by Gasteiger charge is 2.02. The van der Waals surface area contributed by atoms with Gasteiger partial charge in [0, 0.05) is 12.2 Å². The molecular formula is C10H15FN4. The number of halogens is 1. The quantitative estimate of drug-likeness (QED) is 0.299. The van der Waals surface area contributed by atoms with Gasteiger partial charge in [0.05, 0.1) is 0 Å². The normalized spacial score (nSPS) is 11.3. The molecule has 0 aromatic heterocycles. The molecule has 0 aliphatic carbocycles. The third kappa shape index (κ3) is 3.21. The van der Waals surface area contributed by atoms with Gasteiger partial charge in [-0.3, -0.25) is 10.4 Å². The second-order valence-electron chi connectivity index (χ2n) is 3.05. The first-order valence-corrected chi connectivity index (χ1v) is 4.71. The van der Waals surface area contributed by atoms with Crippen LogP contribution < -0.4 is 16.6 Å². The van der Waals surface area contributed by atoms with Crippen LogP contribution in [-0.4, -0.2) is 12.5 Å². The molecule has 0 aliphatic rings. The molecule has 0 heterocycles. The van der Waals surface area contributed by atoms with E-state index < -0.39 is 0 Å². The maximum absolute atomic E-state index is 13.0. The van der Waals surface area contributed by atoms with Crippen molar-refractivity contribution in [2.45, 2.75) is 13.8 Å². The maximum Gasteiger partial charge on any atom is 0.210 e. The van der Waals surface area contributed by atoms with Crippen molar-refractivity contribution in [1.82, 2.24) is 5.43 Å². The Morgan fingerprint density at radius 1 is 1.53 bits per heavy atom. The minimum atomic E-state index is -0.295. The van der Waals surface area contributed by atoms with Crippen LogP contribution in [0.5, 0.6) is 0 Å². The van der Waals surface area contributed by atoms with E-state index in [2.05, 4.69) is 15.7 Å². The summed E-state index contributed by atoms with van der Waals surface area (Å²) in [5, 5.41) is 2.91. The number of nitrogens with zero attached hydrogens (tertiary/aromatic N) is 1. The topological polar surface area (TPSA) is 62.4 Å². The molecule has 0 spiro atoms. The van der Waals surface area contributed by atoms with E-state index >= 15 is 0 Å². The third-order valence-electron chi connectivity index (χ3n) is 1.91. The Labute approximate surface area is 88.4 Å². The first kappa shape index (κ1) is 11.5.